The second-order valence-electron chi connectivity index (χ2n) is 8.99. The Bertz CT molecular complexity index is 875. The van der Waals surface area contributed by atoms with Gasteiger partial charge in [-0.25, -0.2) is 0 Å². The summed E-state index contributed by atoms with van der Waals surface area (Å²) in [4.78, 5) is 30.2. The molecular formula is C27H38N2O4. The molecule has 1 fully saturated rings. The number of ether oxygens (including phenoxy) is 1. The largest absolute Gasteiger partial charge is 0.465 e. The van der Waals surface area contributed by atoms with Crippen molar-refractivity contribution in [1.29, 1.82) is 0 Å². The van der Waals surface area contributed by atoms with Crippen molar-refractivity contribution in [3.63, 3.8) is 0 Å². The third-order valence-electron chi connectivity index (χ3n) is 6.10. The lowest BCUT2D eigenvalue weighted by atomic mass is 10.1. The van der Waals surface area contributed by atoms with Crippen molar-refractivity contribution >= 4 is 11.9 Å². The lowest BCUT2D eigenvalue weighted by Crippen LogP contribution is -2.49. The summed E-state index contributed by atoms with van der Waals surface area (Å²) in [7, 11) is 0. The fourth-order valence-corrected chi connectivity index (χ4v) is 4.13. The minimum atomic E-state index is -0.374. The third-order valence-corrected chi connectivity index (χ3v) is 6.10. The third kappa shape index (κ3) is 8.04. The molecule has 0 unspecified atom stereocenters. The Balaban J connectivity index is 1.74. The molecule has 0 N–H and O–H groups in total. The molecule has 1 aromatic carbocycles. The zero-order valence-corrected chi connectivity index (χ0v) is 20.3. The van der Waals surface area contributed by atoms with E-state index in [4.69, 9.17) is 9.15 Å². The summed E-state index contributed by atoms with van der Waals surface area (Å²) < 4.78 is 11.1. The first-order valence-corrected chi connectivity index (χ1v) is 12.3. The summed E-state index contributed by atoms with van der Waals surface area (Å²) in [6, 6.07) is 13.7. The fourth-order valence-electron chi connectivity index (χ4n) is 4.13. The van der Waals surface area contributed by atoms with Crippen LogP contribution < -0.4 is 0 Å². The number of carbonyl (C=O) groups excluding carboxylic acids is 2. The molecule has 0 bridgehead atoms. The lowest BCUT2D eigenvalue weighted by Gasteiger charge is -2.32. The zero-order chi connectivity index (χ0) is 23.6. The van der Waals surface area contributed by atoms with Crippen LogP contribution >= 0.6 is 0 Å². The van der Waals surface area contributed by atoms with E-state index < -0.39 is 0 Å². The Labute approximate surface area is 197 Å². The molecule has 3 rings (SSSR count). The molecule has 6 nitrogen and oxygen atoms in total. The number of hydrogen-bond donors (Lipinski definition) is 0. The number of benzene rings is 1. The Morgan fingerprint density at radius 1 is 1.12 bits per heavy atom. The summed E-state index contributed by atoms with van der Waals surface area (Å²) in [5, 5.41) is 0. The first-order chi connectivity index (χ1) is 16.0. The van der Waals surface area contributed by atoms with Gasteiger partial charge in [0.05, 0.1) is 19.7 Å². The topological polar surface area (TPSA) is 63.0 Å². The van der Waals surface area contributed by atoms with Gasteiger partial charge in [0, 0.05) is 13.1 Å². The van der Waals surface area contributed by atoms with Crippen LogP contribution in [0.25, 0.3) is 0 Å². The SMILES string of the molecule is CCC[C@@H](C(=O)OCC)N(CC(=O)N(CCc1ccccc1)Cc1ccc(C)o1)CC1CC1. The maximum atomic E-state index is 13.6. The van der Waals surface area contributed by atoms with Gasteiger partial charge in [0.25, 0.3) is 0 Å². The maximum absolute atomic E-state index is 13.6. The molecule has 180 valence electrons. The Morgan fingerprint density at radius 2 is 1.88 bits per heavy atom. The van der Waals surface area contributed by atoms with Crippen LogP contribution in [0.1, 0.15) is 56.6 Å². The van der Waals surface area contributed by atoms with Gasteiger partial charge in [-0.05, 0) is 63.1 Å². The van der Waals surface area contributed by atoms with Crippen molar-refractivity contribution in [2.24, 2.45) is 5.92 Å². The van der Waals surface area contributed by atoms with Crippen molar-refractivity contribution in [1.82, 2.24) is 9.80 Å². The normalized spacial score (nSPS) is 14.3. The van der Waals surface area contributed by atoms with Gasteiger partial charge >= 0.3 is 5.97 Å². The minimum Gasteiger partial charge on any atom is -0.465 e. The van der Waals surface area contributed by atoms with Crippen LogP contribution in [-0.4, -0.2) is 54.0 Å². The number of esters is 1. The van der Waals surface area contributed by atoms with Crippen LogP contribution in [0.5, 0.6) is 0 Å². The Kier molecular flexibility index (Phi) is 9.55. The molecule has 1 aromatic heterocycles. The number of amides is 1. The van der Waals surface area contributed by atoms with Gasteiger partial charge < -0.3 is 14.1 Å². The Hall–Kier alpha value is -2.60. The van der Waals surface area contributed by atoms with E-state index in [0.29, 0.717) is 32.0 Å². The molecule has 0 aliphatic heterocycles. The molecule has 1 heterocycles. The van der Waals surface area contributed by atoms with Crippen molar-refractivity contribution in [2.45, 2.75) is 65.5 Å². The molecule has 1 aliphatic rings. The van der Waals surface area contributed by atoms with Gasteiger partial charge in [0.1, 0.15) is 17.6 Å². The van der Waals surface area contributed by atoms with Gasteiger partial charge in [0.15, 0.2) is 0 Å². The van der Waals surface area contributed by atoms with Crippen LogP contribution in [0.3, 0.4) is 0 Å². The number of furan rings is 1. The molecule has 0 saturated heterocycles. The molecule has 1 amide bonds. The van der Waals surface area contributed by atoms with Crippen LogP contribution in [0, 0.1) is 12.8 Å². The highest BCUT2D eigenvalue weighted by Gasteiger charge is 2.34. The van der Waals surface area contributed by atoms with E-state index in [1.807, 2.05) is 49.1 Å². The molecule has 1 atom stereocenters. The maximum Gasteiger partial charge on any atom is 0.323 e. The van der Waals surface area contributed by atoms with Crippen LogP contribution in [-0.2, 0) is 27.3 Å². The highest BCUT2D eigenvalue weighted by Crippen LogP contribution is 2.31. The van der Waals surface area contributed by atoms with Gasteiger partial charge in [-0.1, -0.05) is 43.7 Å². The summed E-state index contributed by atoms with van der Waals surface area (Å²) in [6.07, 6.45) is 4.65. The van der Waals surface area contributed by atoms with E-state index in [1.54, 1.807) is 0 Å². The number of hydrogen-bond acceptors (Lipinski definition) is 5. The average molecular weight is 455 g/mol. The van der Waals surface area contributed by atoms with E-state index in [-0.39, 0.29) is 24.5 Å². The first kappa shape index (κ1) is 25.0. The molecule has 2 aromatic rings. The summed E-state index contributed by atoms with van der Waals surface area (Å²) in [5.41, 5.74) is 1.19. The van der Waals surface area contributed by atoms with E-state index >= 15 is 0 Å². The molecule has 33 heavy (non-hydrogen) atoms. The van der Waals surface area contributed by atoms with Gasteiger partial charge in [-0.2, -0.15) is 0 Å². The molecular weight excluding hydrogens is 416 g/mol. The molecule has 1 saturated carbocycles. The number of aryl methyl sites for hydroxylation is 1. The van der Waals surface area contributed by atoms with Gasteiger partial charge in [-0.3, -0.25) is 14.5 Å². The van der Waals surface area contributed by atoms with Crippen molar-refractivity contribution in [3.8, 4) is 0 Å². The molecule has 6 heteroatoms. The second-order valence-corrected chi connectivity index (χ2v) is 8.99. The zero-order valence-electron chi connectivity index (χ0n) is 20.3. The number of carbonyl (C=O) groups is 2. The second kappa shape index (κ2) is 12.6. The fraction of sp³-hybridized carbons (Fsp3) is 0.556. The first-order valence-electron chi connectivity index (χ1n) is 12.3. The Morgan fingerprint density at radius 3 is 2.48 bits per heavy atom. The van der Waals surface area contributed by atoms with Crippen LogP contribution in [0.15, 0.2) is 46.9 Å². The van der Waals surface area contributed by atoms with Gasteiger partial charge in [0.2, 0.25) is 5.91 Å². The lowest BCUT2D eigenvalue weighted by molar-refractivity contribution is -0.151. The van der Waals surface area contributed by atoms with E-state index in [9.17, 15) is 9.59 Å². The summed E-state index contributed by atoms with van der Waals surface area (Å²) in [6.45, 7) is 8.15. The van der Waals surface area contributed by atoms with Crippen LogP contribution in [0.4, 0.5) is 0 Å². The monoisotopic (exact) mass is 454 g/mol. The predicted molar refractivity (Wildman–Crippen MR) is 129 cm³/mol. The number of nitrogens with zero attached hydrogens (tertiary/aromatic N) is 2. The van der Waals surface area contributed by atoms with Crippen LogP contribution in [0.2, 0.25) is 0 Å². The van der Waals surface area contributed by atoms with Crippen molar-refractivity contribution < 1.29 is 18.7 Å². The average Bonchev–Trinajstić information content (AvgIpc) is 3.53. The van der Waals surface area contributed by atoms with E-state index in [1.165, 1.54) is 5.56 Å². The molecule has 1 aliphatic carbocycles. The number of rotatable bonds is 14. The standard InChI is InChI=1S/C27H38N2O4/c1-4-9-25(27(31)32-5-2)29(18-23-13-14-23)20-26(30)28(19-24-15-12-21(3)33-24)17-16-22-10-7-6-8-11-22/h6-8,10-12,15,23,25H,4-5,9,13-14,16-20H2,1-3H3/t25-/m0/s1. The smallest absolute Gasteiger partial charge is 0.323 e. The van der Waals surface area contributed by atoms with Crippen molar-refractivity contribution in [2.75, 3.05) is 26.2 Å². The van der Waals surface area contributed by atoms with Gasteiger partial charge in [-0.15, -0.1) is 0 Å². The highest BCUT2D eigenvalue weighted by atomic mass is 16.5. The summed E-state index contributed by atoms with van der Waals surface area (Å²) in [5.74, 6) is 1.98. The molecule has 0 radical (unpaired) electrons. The van der Waals surface area contributed by atoms with E-state index in [2.05, 4.69) is 24.0 Å². The predicted octanol–water partition coefficient (Wildman–Crippen LogP) is 4.60. The quantitative estimate of drug-likeness (QED) is 0.390. The summed E-state index contributed by atoms with van der Waals surface area (Å²) >= 11 is 0. The minimum absolute atomic E-state index is 0.0195. The van der Waals surface area contributed by atoms with Crippen molar-refractivity contribution in [3.05, 3.63) is 59.5 Å². The highest BCUT2D eigenvalue weighted by molar-refractivity contribution is 5.80. The molecule has 0 spiro atoms. The van der Waals surface area contributed by atoms with E-state index in [0.717, 1.165) is 43.7 Å².